The van der Waals surface area contributed by atoms with Gasteiger partial charge in [-0.15, -0.1) is 17.8 Å². The van der Waals surface area contributed by atoms with Crippen LogP contribution in [0.1, 0.15) is 4.88 Å². The minimum absolute atomic E-state index is 0.957. The van der Waals surface area contributed by atoms with Gasteiger partial charge in [0.1, 0.15) is 0 Å². The molecule has 0 aliphatic heterocycles. The summed E-state index contributed by atoms with van der Waals surface area (Å²) in [6, 6.07) is 2.00. The standard InChI is InChI=1S/C10H8N2S/c1-3-10-4-8(7-13-10)9-5-11-12(2)6-9/h1,4-7H,2H3. The molecule has 0 fully saturated rings. The second kappa shape index (κ2) is 3.08. The molecule has 64 valence electrons. The van der Waals surface area contributed by atoms with Crippen LogP contribution in [0.4, 0.5) is 0 Å². The van der Waals surface area contributed by atoms with Gasteiger partial charge in [-0.25, -0.2) is 0 Å². The van der Waals surface area contributed by atoms with Gasteiger partial charge in [0.2, 0.25) is 0 Å². The first-order chi connectivity index (χ1) is 6.29. The van der Waals surface area contributed by atoms with Crippen molar-refractivity contribution in [3.05, 3.63) is 28.7 Å². The summed E-state index contributed by atoms with van der Waals surface area (Å²) >= 11 is 1.58. The van der Waals surface area contributed by atoms with E-state index in [2.05, 4.69) is 11.0 Å². The van der Waals surface area contributed by atoms with Crippen molar-refractivity contribution in [2.24, 2.45) is 7.05 Å². The van der Waals surface area contributed by atoms with Crippen LogP contribution in [0.15, 0.2) is 23.8 Å². The van der Waals surface area contributed by atoms with Gasteiger partial charge in [0.15, 0.2) is 0 Å². The molecule has 0 unspecified atom stereocenters. The van der Waals surface area contributed by atoms with Crippen molar-refractivity contribution in [1.29, 1.82) is 0 Å². The molecule has 13 heavy (non-hydrogen) atoms. The first-order valence-corrected chi connectivity index (χ1v) is 4.72. The highest BCUT2D eigenvalue weighted by Gasteiger charge is 2.02. The predicted octanol–water partition coefficient (Wildman–Crippen LogP) is 2.13. The van der Waals surface area contributed by atoms with Crippen LogP contribution in [0.3, 0.4) is 0 Å². The van der Waals surface area contributed by atoms with Crippen molar-refractivity contribution in [3.63, 3.8) is 0 Å². The maximum Gasteiger partial charge on any atom is 0.0772 e. The lowest BCUT2D eigenvalue weighted by Crippen LogP contribution is -1.83. The summed E-state index contributed by atoms with van der Waals surface area (Å²) in [6.45, 7) is 0. The molecule has 0 aliphatic carbocycles. The number of thiophene rings is 1. The van der Waals surface area contributed by atoms with Gasteiger partial charge >= 0.3 is 0 Å². The highest BCUT2D eigenvalue weighted by atomic mass is 32.1. The minimum atomic E-state index is 0.957. The van der Waals surface area contributed by atoms with Gasteiger partial charge in [0.25, 0.3) is 0 Å². The van der Waals surface area contributed by atoms with Crippen molar-refractivity contribution in [2.45, 2.75) is 0 Å². The Morgan fingerprint density at radius 3 is 2.92 bits per heavy atom. The van der Waals surface area contributed by atoms with E-state index in [1.54, 1.807) is 16.0 Å². The van der Waals surface area contributed by atoms with Crippen LogP contribution in [-0.2, 0) is 7.05 Å². The van der Waals surface area contributed by atoms with E-state index in [-0.39, 0.29) is 0 Å². The van der Waals surface area contributed by atoms with Crippen LogP contribution in [0.5, 0.6) is 0 Å². The second-order valence-electron chi connectivity index (χ2n) is 2.75. The zero-order valence-electron chi connectivity index (χ0n) is 7.19. The Bertz CT molecular complexity index is 459. The van der Waals surface area contributed by atoms with Gasteiger partial charge in [-0.1, -0.05) is 5.92 Å². The van der Waals surface area contributed by atoms with E-state index in [1.165, 1.54) is 0 Å². The summed E-state index contributed by atoms with van der Waals surface area (Å²) in [7, 11) is 1.90. The fourth-order valence-electron chi connectivity index (χ4n) is 1.13. The summed E-state index contributed by atoms with van der Waals surface area (Å²) in [5.74, 6) is 2.62. The summed E-state index contributed by atoms with van der Waals surface area (Å²) < 4.78 is 1.78. The van der Waals surface area contributed by atoms with Crippen molar-refractivity contribution in [2.75, 3.05) is 0 Å². The number of rotatable bonds is 1. The average Bonchev–Trinajstić information content (AvgIpc) is 2.71. The molecular formula is C10H8N2S. The van der Waals surface area contributed by atoms with E-state index < -0.39 is 0 Å². The lowest BCUT2D eigenvalue weighted by molar-refractivity contribution is 0.768. The quantitative estimate of drug-likeness (QED) is 0.627. The second-order valence-corrected chi connectivity index (χ2v) is 3.66. The van der Waals surface area contributed by atoms with E-state index in [0.29, 0.717) is 0 Å². The predicted molar refractivity (Wildman–Crippen MR) is 54.5 cm³/mol. The highest BCUT2D eigenvalue weighted by Crippen LogP contribution is 2.24. The Morgan fingerprint density at radius 2 is 2.38 bits per heavy atom. The molecule has 2 heterocycles. The molecule has 0 saturated heterocycles. The molecular weight excluding hydrogens is 180 g/mol. The van der Waals surface area contributed by atoms with Crippen molar-refractivity contribution in [1.82, 2.24) is 9.78 Å². The monoisotopic (exact) mass is 188 g/mol. The molecule has 0 N–H and O–H groups in total. The van der Waals surface area contributed by atoms with E-state index in [1.807, 2.05) is 30.9 Å². The molecule has 2 aromatic rings. The number of hydrogen-bond acceptors (Lipinski definition) is 2. The summed E-state index contributed by atoms with van der Waals surface area (Å²) in [5, 5.41) is 6.15. The minimum Gasteiger partial charge on any atom is -0.275 e. The van der Waals surface area contributed by atoms with Gasteiger partial charge in [0, 0.05) is 18.8 Å². The van der Waals surface area contributed by atoms with Gasteiger partial charge in [-0.2, -0.15) is 5.10 Å². The molecule has 0 radical (unpaired) electrons. The molecule has 0 spiro atoms. The topological polar surface area (TPSA) is 17.8 Å². The number of hydrogen-bond donors (Lipinski definition) is 0. The highest BCUT2D eigenvalue weighted by molar-refractivity contribution is 7.11. The molecule has 2 aromatic heterocycles. The molecule has 2 rings (SSSR count). The molecule has 0 aromatic carbocycles. The maximum atomic E-state index is 5.29. The Morgan fingerprint density at radius 1 is 1.54 bits per heavy atom. The fraction of sp³-hybridized carbons (Fsp3) is 0.100. The van der Waals surface area contributed by atoms with Crippen LogP contribution in [0.25, 0.3) is 11.1 Å². The third kappa shape index (κ3) is 1.49. The number of nitrogens with zero attached hydrogens (tertiary/aromatic N) is 2. The average molecular weight is 188 g/mol. The van der Waals surface area contributed by atoms with Gasteiger partial charge in [0.05, 0.1) is 11.1 Å². The smallest absolute Gasteiger partial charge is 0.0772 e. The third-order valence-corrected chi connectivity index (χ3v) is 2.64. The third-order valence-electron chi connectivity index (χ3n) is 1.78. The van der Waals surface area contributed by atoms with E-state index in [4.69, 9.17) is 6.42 Å². The van der Waals surface area contributed by atoms with Crippen LogP contribution < -0.4 is 0 Å². The molecule has 0 saturated carbocycles. The van der Waals surface area contributed by atoms with E-state index in [0.717, 1.165) is 16.0 Å². The molecule has 2 nitrogen and oxygen atoms in total. The molecule has 0 bridgehead atoms. The Hall–Kier alpha value is -1.53. The van der Waals surface area contributed by atoms with Gasteiger partial charge < -0.3 is 0 Å². The first-order valence-electron chi connectivity index (χ1n) is 3.84. The molecule has 0 amide bonds. The SMILES string of the molecule is C#Cc1cc(-c2cnn(C)c2)cs1. The lowest BCUT2D eigenvalue weighted by atomic mass is 10.2. The zero-order chi connectivity index (χ0) is 9.26. The Labute approximate surface area is 80.8 Å². The van der Waals surface area contributed by atoms with Crippen LogP contribution >= 0.6 is 11.3 Å². The van der Waals surface area contributed by atoms with Crippen LogP contribution in [0, 0.1) is 12.3 Å². The largest absolute Gasteiger partial charge is 0.275 e. The van der Waals surface area contributed by atoms with Crippen LogP contribution in [-0.4, -0.2) is 9.78 Å². The van der Waals surface area contributed by atoms with Crippen molar-refractivity contribution < 1.29 is 0 Å². The van der Waals surface area contributed by atoms with Crippen molar-refractivity contribution in [3.8, 4) is 23.5 Å². The van der Waals surface area contributed by atoms with Crippen LogP contribution in [0.2, 0.25) is 0 Å². The Kier molecular flexibility index (Phi) is 1.91. The summed E-state index contributed by atoms with van der Waals surface area (Å²) in [6.07, 6.45) is 9.10. The van der Waals surface area contributed by atoms with E-state index >= 15 is 0 Å². The molecule has 3 heteroatoms. The van der Waals surface area contributed by atoms with Gasteiger partial charge in [-0.3, -0.25) is 4.68 Å². The fourth-order valence-corrected chi connectivity index (χ4v) is 1.85. The number of aryl methyl sites for hydroxylation is 1. The first kappa shape index (κ1) is 8.09. The number of terminal acetylenes is 1. The summed E-state index contributed by atoms with van der Waals surface area (Å²) in [4.78, 5) is 0.957. The summed E-state index contributed by atoms with van der Waals surface area (Å²) in [5.41, 5.74) is 2.26. The van der Waals surface area contributed by atoms with E-state index in [9.17, 15) is 0 Å². The maximum absolute atomic E-state index is 5.29. The Balaban J connectivity index is 2.42. The molecule has 0 atom stereocenters. The zero-order valence-corrected chi connectivity index (χ0v) is 8.01. The number of aromatic nitrogens is 2. The molecule has 0 aliphatic rings. The van der Waals surface area contributed by atoms with Gasteiger partial charge in [-0.05, 0) is 17.0 Å². The van der Waals surface area contributed by atoms with Crippen molar-refractivity contribution >= 4 is 11.3 Å². The lowest BCUT2D eigenvalue weighted by Gasteiger charge is -1.86. The normalized spacial score (nSPS) is 9.85.